The van der Waals surface area contributed by atoms with Crippen LogP contribution >= 0.6 is 11.6 Å². The third-order valence-corrected chi connectivity index (χ3v) is 7.09. The van der Waals surface area contributed by atoms with Gasteiger partial charge in [-0.05, 0) is 40.2 Å². The number of likely N-dealkylation sites (tertiary alicyclic amines) is 1. The Kier molecular flexibility index (Phi) is 8.28. The van der Waals surface area contributed by atoms with Gasteiger partial charge in [0.25, 0.3) is 0 Å². The minimum absolute atomic E-state index is 0.00577. The highest BCUT2D eigenvalue weighted by Crippen LogP contribution is 2.35. The highest BCUT2D eigenvalue weighted by atomic mass is 35.5. The molecule has 0 bridgehead atoms. The number of methoxy groups -OCH3 is 1. The van der Waals surface area contributed by atoms with Gasteiger partial charge in [-0.25, -0.2) is 32.7 Å². The fourth-order valence-corrected chi connectivity index (χ4v) is 5.00. The largest absolute Gasteiger partial charge is 0.488 e. The summed E-state index contributed by atoms with van der Waals surface area (Å²) < 4.78 is 48.7. The SMILES string of the molecule is COC(COc1cc(-c2nnn([C@@H]3CCN(C(=O)OC(C)(C)C)C[C@@H]3F)c2C)cn2ncc(Cl)c12)c1ncc(F)cn1. The molecule has 0 aromatic carbocycles. The van der Waals surface area contributed by atoms with E-state index in [0.717, 1.165) is 12.4 Å². The number of aromatic nitrogens is 7. The minimum Gasteiger partial charge on any atom is -0.488 e. The molecule has 15 heteroatoms. The van der Waals surface area contributed by atoms with Crippen LogP contribution in [0.3, 0.4) is 0 Å². The van der Waals surface area contributed by atoms with Gasteiger partial charge in [-0.3, -0.25) is 0 Å². The zero-order chi connectivity index (χ0) is 30.2. The Morgan fingerprint density at radius 2 is 1.98 bits per heavy atom. The molecule has 1 amide bonds. The minimum atomic E-state index is -1.37. The van der Waals surface area contributed by atoms with E-state index < -0.39 is 35.8 Å². The third-order valence-electron chi connectivity index (χ3n) is 6.81. The summed E-state index contributed by atoms with van der Waals surface area (Å²) in [6.07, 6.45) is 3.06. The van der Waals surface area contributed by atoms with Crippen molar-refractivity contribution >= 4 is 23.2 Å². The van der Waals surface area contributed by atoms with E-state index in [1.807, 2.05) is 0 Å². The van der Waals surface area contributed by atoms with Crippen LogP contribution in [-0.4, -0.2) is 84.1 Å². The summed E-state index contributed by atoms with van der Waals surface area (Å²) in [5.41, 5.74) is 1.58. The monoisotopic (exact) mass is 604 g/mol. The molecule has 1 fully saturated rings. The van der Waals surface area contributed by atoms with E-state index in [-0.39, 0.29) is 19.0 Å². The number of halogens is 3. The van der Waals surface area contributed by atoms with E-state index in [1.54, 1.807) is 49.2 Å². The van der Waals surface area contributed by atoms with Crippen molar-refractivity contribution in [2.75, 3.05) is 26.8 Å². The van der Waals surface area contributed by atoms with Gasteiger partial charge in [0, 0.05) is 25.4 Å². The van der Waals surface area contributed by atoms with Gasteiger partial charge in [-0.15, -0.1) is 5.10 Å². The zero-order valence-electron chi connectivity index (χ0n) is 23.8. The molecule has 0 aliphatic carbocycles. The number of rotatable bonds is 7. The molecule has 0 saturated carbocycles. The van der Waals surface area contributed by atoms with Gasteiger partial charge >= 0.3 is 6.09 Å². The van der Waals surface area contributed by atoms with Crippen LogP contribution in [-0.2, 0) is 9.47 Å². The van der Waals surface area contributed by atoms with Gasteiger partial charge in [-0.1, -0.05) is 16.8 Å². The predicted octanol–water partition coefficient (Wildman–Crippen LogP) is 4.77. The molecule has 0 N–H and O–H groups in total. The van der Waals surface area contributed by atoms with Crippen LogP contribution in [0.4, 0.5) is 13.6 Å². The van der Waals surface area contributed by atoms with Crippen LogP contribution in [0.1, 0.15) is 50.9 Å². The average Bonchev–Trinajstić information content (AvgIpc) is 3.51. The number of piperidine rings is 1. The molecule has 224 valence electrons. The van der Waals surface area contributed by atoms with Crippen molar-refractivity contribution in [3.8, 4) is 17.0 Å². The smallest absolute Gasteiger partial charge is 0.410 e. The lowest BCUT2D eigenvalue weighted by Crippen LogP contribution is -2.47. The van der Waals surface area contributed by atoms with E-state index in [2.05, 4.69) is 25.4 Å². The second-order valence-electron chi connectivity index (χ2n) is 10.9. The van der Waals surface area contributed by atoms with Crippen LogP contribution in [0.25, 0.3) is 16.8 Å². The number of amides is 1. The fourth-order valence-electron chi connectivity index (χ4n) is 4.77. The summed E-state index contributed by atoms with van der Waals surface area (Å²) in [4.78, 5) is 21.8. The highest BCUT2D eigenvalue weighted by molar-refractivity contribution is 6.34. The molecule has 1 aliphatic rings. The first-order chi connectivity index (χ1) is 19.9. The van der Waals surface area contributed by atoms with Crippen molar-refractivity contribution in [3.05, 3.63) is 53.2 Å². The number of nitrogens with zero attached hydrogens (tertiary/aromatic N) is 8. The molecule has 5 rings (SSSR count). The predicted molar refractivity (Wildman–Crippen MR) is 148 cm³/mol. The maximum Gasteiger partial charge on any atom is 0.410 e. The number of fused-ring (bicyclic) bond motifs is 1. The summed E-state index contributed by atoms with van der Waals surface area (Å²) in [6.45, 7) is 7.32. The molecule has 3 atom stereocenters. The molecule has 4 aromatic heterocycles. The summed E-state index contributed by atoms with van der Waals surface area (Å²) in [5.74, 6) is 0.0659. The number of hydrogen-bond acceptors (Lipinski definition) is 9. The Balaban J connectivity index is 1.38. The standard InChI is InChI=1S/C27H31ClF2N8O4/c1-15-23(34-35-38(15)20-6-7-36(13-19(20)30)26(39)42-27(2,3)4)16-8-21(24-18(28)11-33-37(24)12-16)41-14-22(40-5)25-31-9-17(29)10-32-25/h8-12,19-20,22H,6-7,13-14H2,1-5H3/t19-,20+,22?/m0/s1. The van der Waals surface area contributed by atoms with Gasteiger partial charge in [0.1, 0.15) is 35.3 Å². The van der Waals surface area contributed by atoms with Crippen molar-refractivity contribution < 1.29 is 27.8 Å². The molecular weight excluding hydrogens is 574 g/mol. The Hall–Kier alpha value is -3.91. The molecule has 1 saturated heterocycles. The van der Waals surface area contributed by atoms with Crippen LogP contribution in [0, 0.1) is 12.7 Å². The first kappa shape index (κ1) is 29.6. The highest BCUT2D eigenvalue weighted by Gasteiger charge is 2.36. The topological polar surface area (TPSA) is 122 Å². The number of ether oxygens (including phenoxy) is 3. The molecule has 4 aromatic rings. The van der Waals surface area contributed by atoms with Gasteiger partial charge in [0.2, 0.25) is 0 Å². The third kappa shape index (κ3) is 6.14. The summed E-state index contributed by atoms with van der Waals surface area (Å²) in [6, 6.07) is 1.13. The van der Waals surface area contributed by atoms with Gasteiger partial charge in [-0.2, -0.15) is 5.10 Å². The van der Waals surface area contributed by atoms with Gasteiger partial charge < -0.3 is 19.1 Å². The number of alkyl halides is 1. The van der Waals surface area contributed by atoms with Crippen LogP contribution in [0.15, 0.2) is 30.9 Å². The molecule has 0 spiro atoms. The maximum atomic E-state index is 15.4. The molecule has 5 heterocycles. The summed E-state index contributed by atoms with van der Waals surface area (Å²) in [7, 11) is 1.47. The van der Waals surface area contributed by atoms with Gasteiger partial charge in [0.05, 0.1) is 41.9 Å². The molecule has 0 radical (unpaired) electrons. The van der Waals surface area contributed by atoms with E-state index in [1.165, 1.54) is 18.2 Å². The average molecular weight is 605 g/mol. The second kappa shape index (κ2) is 11.8. The summed E-state index contributed by atoms with van der Waals surface area (Å²) >= 11 is 6.41. The Labute approximate surface area is 245 Å². The lowest BCUT2D eigenvalue weighted by Gasteiger charge is -2.35. The first-order valence-electron chi connectivity index (χ1n) is 13.3. The molecular formula is C27H31ClF2N8O4. The second-order valence-corrected chi connectivity index (χ2v) is 11.3. The van der Waals surface area contributed by atoms with Gasteiger partial charge in [0.15, 0.2) is 17.7 Å². The molecule has 12 nitrogen and oxygen atoms in total. The molecule has 1 unspecified atom stereocenters. The first-order valence-corrected chi connectivity index (χ1v) is 13.7. The molecule has 1 aliphatic heterocycles. The van der Waals surface area contributed by atoms with E-state index >= 15 is 4.39 Å². The van der Waals surface area contributed by atoms with Crippen molar-refractivity contribution in [2.24, 2.45) is 0 Å². The van der Waals surface area contributed by atoms with E-state index in [4.69, 9.17) is 25.8 Å². The normalized spacial score (nSPS) is 18.3. The van der Waals surface area contributed by atoms with Crippen molar-refractivity contribution in [1.82, 2.24) is 39.5 Å². The van der Waals surface area contributed by atoms with Crippen molar-refractivity contribution in [1.29, 1.82) is 0 Å². The lowest BCUT2D eigenvalue weighted by atomic mass is 10.0. The Morgan fingerprint density at radius 1 is 1.24 bits per heavy atom. The lowest BCUT2D eigenvalue weighted by molar-refractivity contribution is 0.00546. The van der Waals surface area contributed by atoms with Crippen LogP contribution in [0.5, 0.6) is 5.75 Å². The number of carbonyl (C=O) groups is 1. The molecule has 42 heavy (non-hydrogen) atoms. The Morgan fingerprint density at radius 3 is 2.64 bits per heavy atom. The fraction of sp³-hybridized carbons (Fsp3) is 0.481. The quantitative estimate of drug-likeness (QED) is 0.293. The van der Waals surface area contributed by atoms with E-state index in [0.29, 0.717) is 46.2 Å². The van der Waals surface area contributed by atoms with Crippen LogP contribution in [0.2, 0.25) is 5.02 Å². The maximum absolute atomic E-state index is 15.4. The summed E-state index contributed by atoms with van der Waals surface area (Å²) in [5, 5.41) is 13.3. The number of pyridine rings is 1. The van der Waals surface area contributed by atoms with Crippen molar-refractivity contribution in [2.45, 2.75) is 58.0 Å². The van der Waals surface area contributed by atoms with Crippen LogP contribution < -0.4 is 4.74 Å². The van der Waals surface area contributed by atoms with Crippen molar-refractivity contribution in [3.63, 3.8) is 0 Å². The zero-order valence-corrected chi connectivity index (χ0v) is 24.5. The number of hydrogen-bond donors (Lipinski definition) is 0. The van der Waals surface area contributed by atoms with E-state index in [9.17, 15) is 9.18 Å². The number of carbonyl (C=O) groups excluding carboxylic acids is 1. The Bertz CT molecular complexity index is 1570.